The van der Waals surface area contributed by atoms with E-state index < -0.39 is 0 Å². The van der Waals surface area contributed by atoms with Crippen molar-refractivity contribution in [2.24, 2.45) is 0 Å². The first-order valence-electron chi connectivity index (χ1n) is 6.71. The van der Waals surface area contributed by atoms with E-state index in [4.69, 9.17) is 0 Å². The van der Waals surface area contributed by atoms with Crippen LogP contribution < -0.4 is 5.32 Å². The molecule has 1 aromatic heterocycles. The zero-order chi connectivity index (χ0) is 15.2. The molecule has 1 aromatic carbocycles. The third-order valence-corrected chi connectivity index (χ3v) is 3.21. The Bertz CT molecular complexity index is 653. The molecule has 0 aliphatic carbocycles. The second-order valence-corrected chi connectivity index (χ2v) is 4.82. The van der Waals surface area contributed by atoms with Crippen molar-refractivity contribution in [1.82, 2.24) is 10.3 Å². The maximum absolute atomic E-state index is 13.6. The minimum atomic E-state index is -0.332. The number of nitrogens with one attached hydrogen (secondary N) is 1. The third kappa shape index (κ3) is 3.99. The quantitative estimate of drug-likeness (QED) is 0.873. The van der Waals surface area contributed by atoms with Gasteiger partial charge in [0.15, 0.2) is 0 Å². The SMILES string of the molecule is CC(=CC(=O)NC(C)c1ccncc1)c1ccccc1F. The van der Waals surface area contributed by atoms with Crippen molar-refractivity contribution >= 4 is 11.5 Å². The number of aromatic nitrogens is 1. The topological polar surface area (TPSA) is 42.0 Å². The number of allylic oxidation sites excluding steroid dienone is 1. The van der Waals surface area contributed by atoms with E-state index >= 15 is 0 Å². The van der Waals surface area contributed by atoms with Gasteiger partial charge >= 0.3 is 0 Å². The summed E-state index contributed by atoms with van der Waals surface area (Å²) in [5.41, 5.74) is 1.99. The monoisotopic (exact) mass is 284 g/mol. The molecular weight excluding hydrogens is 267 g/mol. The number of amides is 1. The lowest BCUT2D eigenvalue weighted by molar-refractivity contribution is -0.117. The molecule has 1 heterocycles. The van der Waals surface area contributed by atoms with E-state index in [0.29, 0.717) is 11.1 Å². The normalized spacial score (nSPS) is 12.8. The zero-order valence-electron chi connectivity index (χ0n) is 12.0. The molecule has 108 valence electrons. The Balaban J connectivity index is 2.07. The molecule has 0 aliphatic heterocycles. The van der Waals surface area contributed by atoms with Gasteiger partial charge in [0.25, 0.3) is 0 Å². The number of hydrogen-bond donors (Lipinski definition) is 1. The summed E-state index contributed by atoms with van der Waals surface area (Å²) in [5.74, 6) is -0.582. The summed E-state index contributed by atoms with van der Waals surface area (Å²) >= 11 is 0. The first-order valence-corrected chi connectivity index (χ1v) is 6.71. The van der Waals surface area contributed by atoms with Gasteiger partial charge in [-0.3, -0.25) is 9.78 Å². The Morgan fingerprint density at radius 1 is 1.24 bits per heavy atom. The van der Waals surface area contributed by atoms with Crippen LogP contribution in [0.15, 0.2) is 54.9 Å². The van der Waals surface area contributed by atoms with Gasteiger partial charge in [0.1, 0.15) is 5.82 Å². The number of nitrogens with zero attached hydrogens (tertiary/aromatic N) is 1. The summed E-state index contributed by atoms with van der Waals surface area (Å²) in [5, 5.41) is 2.85. The highest BCUT2D eigenvalue weighted by Crippen LogP contribution is 2.17. The first-order chi connectivity index (χ1) is 10.1. The van der Waals surface area contributed by atoms with Crippen molar-refractivity contribution in [3.8, 4) is 0 Å². The molecule has 1 N–H and O–H groups in total. The molecule has 2 rings (SSSR count). The van der Waals surface area contributed by atoms with Crippen LogP contribution in [0.3, 0.4) is 0 Å². The van der Waals surface area contributed by atoms with E-state index in [1.165, 1.54) is 12.1 Å². The van der Waals surface area contributed by atoms with Crippen LogP contribution in [0.4, 0.5) is 4.39 Å². The number of rotatable bonds is 4. The molecule has 1 unspecified atom stereocenters. The number of carbonyl (C=O) groups is 1. The summed E-state index contributed by atoms with van der Waals surface area (Å²) in [7, 11) is 0. The molecule has 0 saturated carbocycles. The Labute approximate surface area is 123 Å². The van der Waals surface area contributed by atoms with Gasteiger partial charge < -0.3 is 5.32 Å². The summed E-state index contributed by atoms with van der Waals surface area (Å²) < 4.78 is 13.6. The first kappa shape index (κ1) is 14.9. The number of halogens is 1. The lowest BCUT2D eigenvalue weighted by atomic mass is 10.1. The molecule has 0 bridgehead atoms. The average Bonchev–Trinajstić information content (AvgIpc) is 2.48. The molecule has 0 spiro atoms. The molecule has 0 saturated heterocycles. The van der Waals surface area contributed by atoms with Crippen LogP contribution in [0.2, 0.25) is 0 Å². The molecule has 0 aliphatic rings. The molecule has 1 amide bonds. The minimum Gasteiger partial charge on any atom is -0.346 e. The van der Waals surface area contributed by atoms with Gasteiger partial charge in [-0.15, -0.1) is 0 Å². The fourth-order valence-electron chi connectivity index (χ4n) is 2.05. The molecule has 0 fully saturated rings. The highest BCUT2D eigenvalue weighted by Gasteiger charge is 2.09. The van der Waals surface area contributed by atoms with Gasteiger partial charge in [0, 0.05) is 24.0 Å². The Kier molecular flexibility index (Phi) is 4.82. The average molecular weight is 284 g/mol. The van der Waals surface area contributed by atoms with Gasteiger partial charge in [0.2, 0.25) is 5.91 Å². The van der Waals surface area contributed by atoms with Crippen LogP contribution in [0.25, 0.3) is 5.57 Å². The number of pyridine rings is 1. The lowest BCUT2D eigenvalue weighted by Gasteiger charge is -2.13. The number of hydrogen-bond acceptors (Lipinski definition) is 2. The van der Waals surface area contributed by atoms with Crippen LogP contribution >= 0.6 is 0 Å². The van der Waals surface area contributed by atoms with Crippen LogP contribution in [0, 0.1) is 5.82 Å². The highest BCUT2D eigenvalue weighted by atomic mass is 19.1. The molecule has 4 heteroatoms. The van der Waals surface area contributed by atoms with Crippen molar-refractivity contribution in [1.29, 1.82) is 0 Å². The summed E-state index contributed by atoms with van der Waals surface area (Å²) in [6.45, 7) is 3.61. The second-order valence-electron chi connectivity index (χ2n) is 4.82. The Morgan fingerprint density at radius 2 is 1.90 bits per heavy atom. The second kappa shape index (κ2) is 6.79. The van der Waals surface area contributed by atoms with E-state index in [9.17, 15) is 9.18 Å². The van der Waals surface area contributed by atoms with Crippen LogP contribution in [-0.4, -0.2) is 10.9 Å². The predicted octanol–water partition coefficient (Wildman–Crippen LogP) is 3.50. The molecule has 2 aromatic rings. The van der Waals surface area contributed by atoms with Crippen LogP contribution in [0.1, 0.15) is 31.0 Å². The van der Waals surface area contributed by atoms with Crippen molar-refractivity contribution in [3.05, 3.63) is 71.8 Å². The predicted molar refractivity (Wildman–Crippen MR) is 80.8 cm³/mol. The fraction of sp³-hybridized carbons (Fsp3) is 0.176. The smallest absolute Gasteiger partial charge is 0.244 e. The lowest BCUT2D eigenvalue weighted by Crippen LogP contribution is -2.24. The molecular formula is C17H17FN2O. The standard InChI is InChI=1S/C17H17FN2O/c1-12(15-5-3-4-6-16(15)18)11-17(21)20-13(2)14-7-9-19-10-8-14/h3-11,13H,1-2H3,(H,20,21). The summed E-state index contributed by atoms with van der Waals surface area (Å²) in [6.07, 6.45) is 4.77. The molecule has 1 atom stereocenters. The maximum atomic E-state index is 13.6. The number of carbonyl (C=O) groups excluding carboxylic acids is 1. The minimum absolute atomic E-state index is 0.134. The van der Waals surface area contributed by atoms with E-state index in [1.807, 2.05) is 19.1 Å². The van der Waals surface area contributed by atoms with Crippen molar-refractivity contribution in [2.45, 2.75) is 19.9 Å². The van der Waals surface area contributed by atoms with Gasteiger partial charge in [0.05, 0.1) is 6.04 Å². The highest BCUT2D eigenvalue weighted by molar-refractivity contribution is 5.95. The van der Waals surface area contributed by atoms with E-state index in [0.717, 1.165) is 5.56 Å². The molecule has 3 nitrogen and oxygen atoms in total. The van der Waals surface area contributed by atoms with Crippen LogP contribution in [0.5, 0.6) is 0 Å². The van der Waals surface area contributed by atoms with Gasteiger partial charge in [-0.2, -0.15) is 0 Å². The van der Waals surface area contributed by atoms with E-state index in [2.05, 4.69) is 10.3 Å². The fourth-order valence-corrected chi connectivity index (χ4v) is 2.05. The van der Waals surface area contributed by atoms with Gasteiger partial charge in [-0.1, -0.05) is 18.2 Å². The largest absolute Gasteiger partial charge is 0.346 e. The third-order valence-electron chi connectivity index (χ3n) is 3.21. The summed E-state index contributed by atoms with van der Waals surface area (Å²) in [6, 6.07) is 9.96. The molecule has 21 heavy (non-hydrogen) atoms. The van der Waals surface area contributed by atoms with Crippen LogP contribution in [-0.2, 0) is 4.79 Å². The van der Waals surface area contributed by atoms with Crippen molar-refractivity contribution in [3.63, 3.8) is 0 Å². The van der Waals surface area contributed by atoms with Crippen molar-refractivity contribution in [2.75, 3.05) is 0 Å². The van der Waals surface area contributed by atoms with Crippen molar-refractivity contribution < 1.29 is 9.18 Å². The van der Waals surface area contributed by atoms with Gasteiger partial charge in [-0.25, -0.2) is 4.39 Å². The van der Waals surface area contributed by atoms with E-state index in [1.54, 1.807) is 37.5 Å². The maximum Gasteiger partial charge on any atom is 0.244 e. The Morgan fingerprint density at radius 3 is 2.57 bits per heavy atom. The van der Waals surface area contributed by atoms with Gasteiger partial charge in [-0.05, 0) is 43.2 Å². The summed E-state index contributed by atoms with van der Waals surface area (Å²) in [4.78, 5) is 15.9. The van der Waals surface area contributed by atoms with E-state index in [-0.39, 0.29) is 17.8 Å². The Hall–Kier alpha value is -2.49. The zero-order valence-corrected chi connectivity index (χ0v) is 12.0. The number of benzene rings is 1. The molecule has 0 radical (unpaired) electrons.